The second-order valence-corrected chi connectivity index (χ2v) is 7.23. The van der Waals surface area contributed by atoms with Crippen LogP contribution in [0.2, 0.25) is 0 Å². The Balaban J connectivity index is 1.91. The number of nitrogens with zero attached hydrogens (tertiary/aromatic N) is 2. The third-order valence-electron chi connectivity index (χ3n) is 5.41. The van der Waals surface area contributed by atoms with Gasteiger partial charge in [0, 0.05) is 18.7 Å². The molecular weight excluding hydrogens is 342 g/mol. The molecule has 2 aromatic carbocycles. The summed E-state index contributed by atoms with van der Waals surface area (Å²) < 4.78 is 0. The number of nitriles is 1. The van der Waals surface area contributed by atoms with Crippen molar-refractivity contribution in [1.29, 1.82) is 5.26 Å². The van der Waals surface area contributed by atoms with Gasteiger partial charge in [-0.25, -0.2) is 0 Å². The number of carbonyl (C=O) groups is 1. The number of hydrogen-bond acceptors (Lipinski definition) is 5. The molecule has 1 unspecified atom stereocenters. The normalized spacial score (nSPS) is 15.9. The molecule has 1 fully saturated rings. The van der Waals surface area contributed by atoms with Crippen molar-refractivity contribution in [1.82, 2.24) is 0 Å². The second-order valence-electron chi connectivity index (χ2n) is 7.23. The minimum Gasteiger partial charge on any atom is -0.377 e. The zero-order valence-corrected chi connectivity index (χ0v) is 15.6. The third-order valence-corrected chi connectivity index (χ3v) is 5.41. The average Bonchev–Trinajstić information content (AvgIpc) is 2.70. The van der Waals surface area contributed by atoms with Gasteiger partial charge in [0.2, 0.25) is 5.91 Å². The fourth-order valence-corrected chi connectivity index (χ4v) is 3.86. The Kier molecular flexibility index (Phi) is 5.41. The average molecular weight is 365 g/mol. The van der Waals surface area contributed by atoms with E-state index in [4.69, 9.17) is 5.26 Å². The third kappa shape index (κ3) is 3.63. The first kappa shape index (κ1) is 18.8. The Morgan fingerprint density at radius 2 is 1.78 bits per heavy atom. The maximum Gasteiger partial charge on any atom is 0.254 e. The monoisotopic (exact) mass is 365 g/mol. The molecule has 0 radical (unpaired) electrons. The van der Waals surface area contributed by atoms with Gasteiger partial charge >= 0.3 is 0 Å². The van der Waals surface area contributed by atoms with Crippen molar-refractivity contribution < 1.29 is 4.79 Å². The number of carbonyl (C=O) groups excluding carboxylic acids is 1. The van der Waals surface area contributed by atoms with Gasteiger partial charge in [0.15, 0.2) is 0 Å². The maximum absolute atomic E-state index is 12.3. The minimum absolute atomic E-state index is 0.0575. The van der Waals surface area contributed by atoms with Crippen LogP contribution in [0, 0.1) is 17.2 Å². The predicted octanol–water partition coefficient (Wildman–Crippen LogP) is 3.22. The van der Waals surface area contributed by atoms with Gasteiger partial charge in [0.25, 0.3) is 10.9 Å². The van der Waals surface area contributed by atoms with E-state index in [2.05, 4.69) is 5.32 Å². The van der Waals surface area contributed by atoms with E-state index in [9.17, 15) is 14.4 Å². The highest BCUT2D eigenvalue weighted by Gasteiger charge is 2.31. The van der Waals surface area contributed by atoms with Crippen molar-refractivity contribution >= 4 is 23.0 Å². The molecule has 0 aromatic heterocycles. The molecule has 6 nitrogen and oxygen atoms in total. The second kappa shape index (κ2) is 7.75. The van der Waals surface area contributed by atoms with Crippen LogP contribution in [0.15, 0.2) is 33.9 Å². The van der Waals surface area contributed by atoms with Gasteiger partial charge in [-0.05, 0) is 49.9 Å². The summed E-state index contributed by atoms with van der Waals surface area (Å²) in [5.41, 5.74) is -0.00330. The SMILES string of the molecule is CC(=O)N(c1ccc(C#N)cc1)c1c(NC(C)C2CCCCC2)c(=O)c1=O. The molecule has 1 saturated carbocycles. The lowest BCUT2D eigenvalue weighted by molar-refractivity contribution is -0.115. The molecule has 1 atom stereocenters. The summed E-state index contributed by atoms with van der Waals surface area (Å²) in [6, 6.07) is 8.44. The number of nitrogens with one attached hydrogen (secondary N) is 1. The molecule has 1 aliphatic rings. The van der Waals surface area contributed by atoms with E-state index in [-0.39, 0.29) is 23.3 Å². The van der Waals surface area contributed by atoms with Crippen LogP contribution in [0.1, 0.15) is 51.5 Å². The van der Waals surface area contributed by atoms with E-state index in [0.29, 0.717) is 17.2 Å². The Morgan fingerprint density at radius 1 is 1.15 bits per heavy atom. The molecule has 1 aliphatic carbocycles. The highest BCUT2D eigenvalue weighted by atomic mass is 16.2. The zero-order valence-electron chi connectivity index (χ0n) is 15.6. The van der Waals surface area contributed by atoms with Crippen LogP contribution in [0.5, 0.6) is 0 Å². The Morgan fingerprint density at radius 3 is 2.33 bits per heavy atom. The Labute approximate surface area is 158 Å². The molecule has 27 heavy (non-hydrogen) atoms. The van der Waals surface area contributed by atoms with Crippen LogP contribution in [-0.4, -0.2) is 11.9 Å². The number of benzene rings is 1. The van der Waals surface area contributed by atoms with Gasteiger partial charge in [-0.2, -0.15) is 5.26 Å². The minimum atomic E-state index is -0.659. The first-order chi connectivity index (χ1) is 12.9. The summed E-state index contributed by atoms with van der Waals surface area (Å²) in [4.78, 5) is 38.0. The number of amides is 1. The lowest BCUT2D eigenvalue weighted by Crippen LogP contribution is -2.44. The molecule has 0 heterocycles. The van der Waals surface area contributed by atoms with Gasteiger partial charge < -0.3 is 5.32 Å². The van der Waals surface area contributed by atoms with Crippen LogP contribution < -0.4 is 21.1 Å². The maximum atomic E-state index is 12.3. The van der Waals surface area contributed by atoms with Gasteiger partial charge in [0.1, 0.15) is 11.4 Å². The fourth-order valence-electron chi connectivity index (χ4n) is 3.86. The fraction of sp³-hybridized carbons (Fsp3) is 0.429. The van der Waals surface area contributed by atoms with Gasteiger partial charge in [0.05, 0.1) is 11.6 Å². The highest BCUT2D eigenvalue weighted by Crippen LogP contribution is 2.32. The zero-order chi connectivity index (χ0) is 19.6. The molecule has 6 heteroatoms. The standard InChI is InChI=1S/C21H23N3O3/c1-13(16-6-4-3-5-7-16)23-18-19(21(27)20(18)26)24(14(2)25)17-10-8-15(12-22)9-11-17/h8-11,13,16,23H,3-7H2,1-2H3. The van der Waals surface area contributed by atoms with Crippen molar-refractivity contribution in [3.63, 3.8) is 0 Å². The van der Waals surface area contributed by atoms with E-state index in [0.717, 1.165) is 12.8 Å². The largest absolute Gasteiger partial charge is 0.377 e. The smallest absolute Gasteiger partial charge is 0.254 e. The van der Waals surface area contributed by atoms with Crippen LogP contribution >= 0.6 is 0 Å². The van der Waals surface area contributed by atoms with Crippen LogP contribution in [-0.2, 0) is 4.79 Å². The summed E-state index contributed by atoms with van der Waals surface area (Å²) in [5.74, 6) is 0.0943. The van der Waals surface area contributed by atoms with E-state index >= 15 is 0 Å². The van der Waals surface area contributed by atoms with Crippen molar-refractivity contribution in [2.75, 3.05) is 10.2 Å². The quantitative estimate of drug-likeness (QED) is 0.822. The van der Waals surface area contributed by atoms with Crippen molar-refractivity contribution in [3.8, 4) is 6.07 Å². The molecular formula is C21H23N3O3. The van der Waals surface area contributed by atoms with E-state index in [1.165, 1.54) is 31.1 Å². The molecule has 2 aromatic rings. The van der Waals surface area contributed by atoms with Crippen LogP contribution in [0.3, 0.4) is 0 Å². The summed E-state index contributed by atoms with van der Waals surface area (Å²) in [6.07, 6.45) is 5.81. The number of rotatable bonds is 5. The first-order valence-electron chi connectivity index (χ1n) is 9.34. The van der Waals surface area contributed by atoms with Gasteiger partial charge in [-0.3, -0.25) is 19.3 Å². The van der Waals surface area contributed by atoms with E-state index < -0.39 is 10.9 Å². The van der Waals surface area contributed by atoms with Crippen molar-refractivity contribution in [3.05, 3.63) is 50.3 Å². The van der Waals surface area contributed by atoms with Crippen molar-refractivity contribution in [2.24, 2.45) is 5.92 Å². The summed E-state index contributed by atoms with van der Waals surface area (Å²) in [6.45, 7) is 3.37. The molecule has 0 bridgehead atoms. The van der Waals surface area contributed by atoms with Crippen molar-refractivity contribution in [2.45, 2.75) is 52.0 Å². The summed E-state index contributed by atoms with van der Waals surface area (Å²) >= 11 is 0. The molecule has 0 aliphatic heterocycles. The van der Waals surface area contributed by atoms with Crippen LogP contribution in [0.25, 0.3) is 0 Å². The summed E-state index contributed by atoms with van der Waals surface area (Å²) in [7, 11) is 0. The lowest BCUT2D eigenvalue weighted by atomic mass is 9.84. The Bertz CT molecular complexity index is 943. The number of anilines is 3. The first-order valence-corrected chi connectivity index (χ1v) is 9.34. The van der Waals surface area contributed by atoms with Crippen LogP contribution in [0.4, 0.5) is 17.1 Å². The van der Waals surface area contributed by atoms with Gasteiger partial charge in [-0.15, -0.1) is 0 Å². The summed E-state index contributed by atoms with van der Waals surface area (Å²) in [5, 5.41) is 12.1. The highest BCUT2D eigenvalue weighted by molar-refractivity contribution is 6.03. The molecule has 1 amide bonds. The Hall–Kier alpha value is -2.94. The van der Waals surface area contributed by atoms with E-state index in [1.807, 2.05) is 13.0 Å². The topological polar surface area (TPSA) is 90.3 Å². The molecule has 140 valence electrons. The predicted molar refractivity (Wildman–Crippen MR) is 105 cm³/mol. The molecule has 0 spiro atoms. The number of hydrogen-bond donors (Lipinski definition) is 1. The van der Waals surface area contributed by atoms with E-state index in [1.54, 1.807) is 24.3 Å². The van der Waals surface area contributed by atoms with Gasteiger partial charge in [-0.1, -0.05) is 19.3 Å². The molecule has 1 N–H and O–H groups in total. The molecule has 3 rings (SSSR count). The molecule has 0 saturated heterocycles. The lowest BCUT2D eigenvalue weighted by Gasteiger charge is -2.31.